The fraction of sp³-hybridized carbons (Fsp3) is 0.500. The molecule has 9 heteroatoms. The van der Waals surface area contributed by atoms with Crippen molar-refractivity contribution in [3.05, 3.63) is 35.4 Å². The molecule has 2 bridgehead atoms. The van der Waals surface area contributed by atoms with Gasteiger partial charge in [-0.15, -0.1) is 24.0 Å². The van der Waals surface area contributed by atoms with Crippen LogP contribution in [0.4, 0.5) is 0 Å². The van der Waals surface area contributed by atoms with Gasteiger partial charge in [-0.2, -0.15) is 0 Å². The Morgan fingerprint density at radius 2 is 1.96 bits per heavy atom. The first-order valence-electron chi connectivity index (χ1n) is 8.83. The van der Waals surface area contributed by atoms with Gasteiger partial charge in [0.25, 0.3) is 5.91 Å². The van der Waals surface area contributed by atoms with E-state index in [0.717, 1.165) is 30.8 Å². The van der Waals surface area contributed by atoms with E-state index in [9.17, 15) is 9.59 Å². The quantitative estimate of drug-likeness (QED) is 0.265. The number of nitrogens with zero attached hydrogens (tertiary/aromatic N) is 1. The summed E-state index contributed by atoms with van der Waals surface area (Å²) >= 11 is 0. The number of aliphatic imine (C=N–C) groups is 1. The van der Waals surface area contributed by atoms with Gasteiger partial charge >= 0.3 is 0 Å². The van der Waals surface area contributed by atoms with Crippen molar-refractivity contribution in [2.75, 3.05) is 13.6 Å². The third kappa shape index (κ3) is 5.80. The maximum Gasteiger partial charge on any atom is 0.251 e. The van der Waals surface area contributed by atoms with Gasteiger partial charge in [0.15, 0.2) is 5.96 Å². The van der Waals surface area contributed by atoms with Crippen LogP contribution in [-0.4, -0.2) is 49.6 Å². The topological polar surface area (TPSA) is 118 Å². The molecule has 2 heterocycles. The Kier molecular flexibility index (Phi) is 7.84. The number of primary amides is 1. The number of hydrogen-bond acceptors (Lipinski definition) is 4. The zero-order chi connectivity index (χ0) is 18.5. The molecular formula is C18H26IN5O3. The van der Waals surface area contributed by atoms with Crippen LogP contribution in [0.1, 0.15) is 35.2 Å². The van der Waals surface area contributed by atoms with Crippen molar-refractivity contribution >= 4 is 41.8 Å². The van der Waals surface area contributed by atoms with Gasteiger partial charge in [0, 0.05) is 19.2 Å². The Labute approximate surface area is 175 Å². The van der Waals surface area contributed by atoms with E-state index in [1.165, 1.54) is 0 Å². The number of benzene rings is 1. The highest BCUT2D eigenvalue weighted by atomic mass is 127. The van der Waals surface area contributed by atoms with Gasteiger partial charge in [-0.05, 0) is 37.0 Å². The van der Waals surface area contributed by atoms with Crippen molar-refractivity contribution in [2.45, 2.75) is 44.1 Å². The number of ether oxygens (including phenoxy) is 1. The molecule has 1 aromatic rings. The number of amides is 2. The van der Waals surface area contributed by atoms with E-state index in [-0.39, 0.29) is 42.5 Å². The number of guanidine groups is 1. The smallest absolute Gasteiger partial charge is 0.251 e. The molecule has 8 nitrogen and oxygen atoms in total. The zero-order valence-electron chi connectivity index (χ0n) is 15.2. The lowest BCUT2D eigenvalue weighted by molar-refractivity contribution is -0.117. The summed E-state index contributed by atoms with van der Waals surface area (Å²) in [5.41, 5.74) is 6.52. The van der Waals surface area contributed by atoms with Crippen molar-refractivity contribution in [1.82, 2.24) is 16.0 Å². The van der Waals surface area contributed by atoms with Gasteiger partial charge in [0.05, 0.1) is 24.8 Å². The van der Waals surface area contributed by atoms with Crippen molar-refractivity contribution in [2.24, 2.45) is 10.7 Å². The first-order valence-corrected chi connectivity index (χ1v) is 8.83. The molecule has 2 amide bonds. The summed E-state index contributed by atoms with van der Waals surface area (Å²) < 4.78 is 5.85. The summed E-state index contributed by atoms with van der Waals surface area (Å²) in [5.74, 6) is -0.148. The van der Waals surface area contributed by atoms with Gasteiger partial charge in [-0.1, -0.05) is 12.1 Å². The van der Waals surface area contributed by atoms with Crippen LogP contribution in [0.2, 0.25) is 0 Å². The second kappa shape index (κ2) is 9.88. The minimum Gasteiger partial charge on any atom is -0.373 e. The van der Waals surface area contributed by atoms with Gasteiger partial charge in [0.2, 0.25) is 5.91 Å². The molecule has 0 saturated carbocycles. The Morgan fingerprint density at radius 1 is 1.22 bits per heavy atom. The van der Waals surface area contributed by atoms with Crippen LogP contribution in [0.25, 0.3) is 0 Å². The summed E-state index contributed by atoms with van der Waals surface area (Å²) in [6.45, 7) is 0.418. The van der Waals surface area contributed by atoms with E-state index >= 15 is 0 Å². The molecule has 3 rings (SSSR count). The highest BCUT2D eigenvalue weighted by Crippen LogP contribution is 2.34. The molecule has 2 aliphatic heterocycles. The van der Waals surface area contributed by atoms with Crippen LogP contribution in [-0.2, 0) is 16.1 Å². The monoisotopic (exact) mass is 487 g/mol. The van der Waals surface area contributed by atoms with Gasteiger partial charge in [0.1, 0.15) is 0 Å². The van der Waals surface area contributed by atoms with Crippen LogP contribution < -0.4 is 21.7 Å². The Bertz CT molecular complexity index is 695. The number of rotatable bonds is 6. The van der Waals surface area contributed by atoms with E-state index < -0.39 is 5.91 Å². The lowest BCUT2D eigenvalue weighted by Crippen LogP contribution is -2.47. The predicted molar refractivity (Wildman–Crippen MR) is 113 cm³/mol. The van der Waals surface area contributed by atoms with Gasteiger partial charge < -0.3 is 26.4 Å². The van der Waals surface area contributed by atoms with E-state index in [2.05, 4.69) is 20.9 Å². The van der Waals surface area contributed by atoms with Crippen LogP contribution in [0.5, 0.6) is 0 Å². The van der Waals surface area contributed by atoms with Crippen LogP contribution in [0, 0.1) is 0 Å². The maximum absolute atomic E-state index is 11.9. The number of fused-ring (bicyclic) bond motifs is 2. The summed E-state index contributed by atoms with van der Waals surface area (Å²) in [6, 6.07) is 7.47. The zero-order valence-corrected chi connectivity index (χ0v) is 17.6. The molecule has 5 N–H and O–H groups in total. The normalized spacial score (nSPS) is 23.4. The minimum atomic E-state index is -0.570. The first-order chi connectivity index (χ1) is 12.5. The molecule has 0 spiro atoms. The molecule has 148 valence electrons. The summed E-state index contributed by atoms with van der Waals surface area (Å²) in [7, 11) is 1.75. The molecule has 0 aliphatic carbocycles. The Hall–Kier alpha value is -1.88. The molecule has 3 atom stereocenters. The summed E-state index contributed by atoms with van der Waals surface area (Å²) in [5, 5.41) is 9.17. The highest BCUT2D eigenvalue weighted by molar-refractivity contribution is 14.0. The van der Waals surface area contributed by atoms with Crippen molar-refractivity contribution in [3.63, 3.8) is 0 Å². The largest absolute Gasteiger partial charge is 0.373 e. The molecule has 2 fully saturated rings. The maximum atomic E-state index is 11.9. The number of carbonyl (C=O) groups is 2. The van der Waals surface area contributed by atoms with Crippen LogP contribution in [0.3, 0.4) is 0 Å². The minimum absolute atomic E-state index is 0. The third-order valence-corrected chi connectivity index (χ3v) is 4.75. The second-order valence-electron chi connectivity index (χ2n) is 6.63. The molecule has 0 radical (unpaired) electrons. The molecule has 0 aromatic heterocycles. The SMILES string of the molecule is CN=C(NCc1ccc(C(=O)NCC(N)=O)cc1)NC1CC2CCC1O2.I. The number of hydrogen-bond donors (Lipinski definition) is 4. The highest BCUT2D eigenvalue weighted by Gasteiger charge is 2.41. The molecule has 3 unspecified atom stereocenters. The Balaban J connectivity index is 0.00000261. The summed E-state index contributed by atoms with van der Waals surface area (Å²) in [6.07, 6.45) is 3.98. The van der Waals surface area contributed by atoms with E-state index in [0.29, 0.717) is 24.3 Å². The molecular weight excluding hydrogens is 461 g/mol. The van der Waals surface area contributed by atoms with Crippen molar-refractivity contribution in [3.8, 4) is 0 Å². The van der Waals surface area contributed by atoms with Gasteiger partial charge in [-0.3, -0.25) is 14.6 Å². The molecule has 27 heavy (non-hydrogen) atoms. The Morgan fingerprint density at radius 3 is 2.52 bits per heavy atom. The number of carbonyl (C=O) groups excluding carboxylic acids is 2. The van der Waals surface area contributed by atoms with Crippen LogP contribution >= 0.6 is 24.0 Å². The number of halogens is 1. The number of nitrogens with one attached hydrogen (secondary N) is 3. The van der Waals surface area contributed by atoms with E-state index in [1.807, 2.05) is 12.1 Å². The first kappa shape index (κ1) is 21.4. The predicted octanol–water partition coefficient (Wildman–Crippen LogP) is 0.505. The van der Waals surface area contributed by atoms with E-state index in [1.54, 1.807) is 19.2 Å². The van der Waals surface area contributed by atoms with E-state index in [4.69, 9.17) is 10.5 Å². The van der Waals surface area contributed by atoms with Gasteiger partial charge in [-0.25, -0.2) is 0 Å². The fourth-order valence-electron chi connectivity index (χ4n) is 3.39. The molecule has 1 aromatic carbocycles. The molecule has 2 saturated heterocycles. The standard InChI is InChI=1S/C18H25N5O3.HI/c1-20-18(23-14-8-13-6-7-15(14)26-13)22-9-11-2-4-12(5-3-11)17(25)21-10-16(19)24;/h2-5,13-15H,6-10H2,1H3,(H2,19,24)(H,21,25)(H2,20,22,23);1H. The average Bonchev–Trinajstić information content (AvgIpc) is 3.26. The third-order valence-electron chi connectivity index (χ3n) is 4.75. The summed E-state index contributed by atoms with van der Waals surface area (Å²) in [4.78, 5) is 26.8. The van der Waals surface area contributed by atoms with Crippen LogP contribution in [0.15, 0.2) is 29.3 Å². The van der Waals surface area contributed by atoms with Crippen molar-refractivity contribution < 1.29 is 14.3 Å². The average molecular weight is 487 g/mol. The fourth-order valence-corrected chi connectivity index (χ4v) is 3.39. The lowest BCUT2D eigenvalue weighted by Gasteiger charge is -2.22. The second-order valence-corrected chi connectivity index (χ2v) is 6.63. The lowest BCUT2D eigenvalue weighted by atomic mass is 9.96. The number of nitrogens with two attached hydrogens (primary N) is 1. The molecule has 2 aliphatic rings. The van der Waals surface area contributed by atoms with Crippen molar-refractivity contribution in [1.29, 1.82) is 0 Å².